The van der Waals surface area contributed by atoms with Gasteiger partial charge in [0, 0.05) is 73.3 Å². The molecular formula is C39H39F4N9O3. The SMILES string of the molecule is CCC(C(C)O)n1ccn(-c2ccc(N3CCN(c4ccc(-c5ccc(C(F)(F)[C@](O)(Cn6cnnn6)c6ccc(F)cc6F)nc5)cc4)CC3)cc2)c1=O. The summed E-state index contributed by atoms with van der Waals surface area (Å²) in [6.45, 7) is 5.74. The molecule has 4 heterocycles. The van der Waals surface area contributed by atoms with Gasteiger partial charge < -0.3 is 20.0 Å². The molecule has 2 unspecified atom stereocenters. The lowest BCUT2D eigenvalue weighted by atomic mass is 9.84. The summed E-state index contributed by atoms with van der Waals surface area (Å²) in [5.74, 6) is -6.51. The average Bonchev–Trinajstić information content (AvgIpc) is 3.84. The maximum absolute atomic E-state index is 16.2. The Kier molecular flexibility index (Phi) is 10.3. The number of imidazole rings is 1. The lowest BCUT2D eigenvalue weighted by molar-refractivity contribution is -0.207. The monoisotopic (exact) mass is 757 g/mol. The van der Waals surface area contributed by atoms with Crippen molar-refractivity contribution in [1.82, 2.24) is 34.3 Å². The first-order valence-electron chi connectivity index (χ1n) is 17.8. The van der Waals surface area contributed by atoms with E-state index in [0.29, 0.717) is 18.1 Å². The highest BCUT2D eigenvalue weighted by molar-refractivity contribution is 5.66. The number of aliphatic hydroxyl groups excluding tert-OH is 1. The number of aromatic nitrogens is 7. The summed E-state index contributed by atoms with van der Waals surface area (Å²) in [6, 6.07) is 19.7. The predicted molar refractivity (Wildman–Crippen MR) is 197 cm³/mol. The first-order valence-corrected chi connectivity index (χ1v) is 17.8. The van der Waals surface area contributed by atoms with Crippen molar-refractivity contribution in [3.8, 4) is 16.8 Å². The van der Waals surface area contributed by atoms with Crippen molar-refractivity contribution >= 4 is 11.4 Å². The van der Waals surface area contributed by atoms with Crippen LogP contribution in [0.25, 0.3) is 16.8 Å². The zero-order chi connectivity index (χ0) is 38.9. The summed E-state index contributed by atoms with van der Waals surface area (Å²) >= 11 is 0. The van der Waals surface area contributed by atoms with E-state index in [1.807, 2.05) is 55.5 Å². The Balaban J connectivity index is 1.00. The molecule has 0 radical (unpaired) electrons. The molecule has 6 aromatic rings. The number of aliphatic hydroxyl groups is 2. The summed E-state index contributed by atoms with van der Waals surface area (Å²) in [4.78, 5) is 21.6. The Bertz CT molecular complexity index is 2270. The number of piperazine rings is 1. The lowest BCUT2D eigenvalue weighted by Crippen LogP contribution is -2.48. The quantitative estimate of drug-likeness (QED) is 0.160. The highest BCUT2D eigenvalue weighted by atomic mass is 19.3. The maximum atomic E-state index is 16.2. The first kappa shape index (κ1) is 37.4. The molecule has 55 heavy (non-hydrogen) atoms. The van der Waals surface area contributed by atoms with Gasteiger partial charge in [0.2, 0.25) is 0 Å². The average molecular weight is 758 g/mol. The Hall–Kier alpha value is -5.87. The molecule has 3 atom stereocenters. The molecule has 0 amide bonds. The van der Waals surface area contributed by atoms with Gasteiger partial charge in [0.1, 0.15) is 23.7 Å². The van der Waals surface area contributed by atoms with Crippen molar-refractivity contribution in [2.24, 2.45) is 0 Å². The van der Waals surface area contributed by atoms with Crippen LogP contribution in [-0.2, 0) is 18.1 Å². The van der Waals surface area contributed by atoms with Crippen molar-refractivity contribution in [3.63, 3.8) is 0 Å². The zero-order valence-electron chi connectivity index (χ0n) is 30.1. The van der Waals surface area contributed by atoms with E-state index in [9.17, 15) is 23.8 Å². The predicted octanol–water partition coefficient (Wildman–Crippen LogP) is 5.30. The van der Waals surface area contributed by atoms with Gasteiger partial charge in [-0.2, -0.15) is 8.78 Å². The van der Waals surface area contributed by atoms with E-state index in [2.05, 4.69) is 30.3 Å². The summed E-state index contributed by atoms with van der Waals surface area (Å²) in [7, 11) is 0. The van der Waals surface area contributed by atoms with Gasteiger partial charge >= 0.3 is 11.6 Å². The summed E-state index contributed by atoms with van der Waals surface area (Å²) in [5, 5.41) is 31.9. The van der Waals surface area contributed by atoms with Gasteiger partial charge in [-0.05, 0) is 83.9 Å². The number of benzene rings is 3. The van der Waals surface area contributed by atoms with Crippen molar-refractivity contribution < 1.29 is 27.8 Å². The highest BCUT2D eigenvalue weighted by Crippen LogP contribution is 2.47. The number of pyridine rings is 1. The van der Waals surface area contributed by atoms with E-state index >= 15 is 8.78 Å². The molecule has 1 fully saturated rings. The number of nitrogens with zero attached hydrogens (tertiary/aromatic N) is 9. The minimum absolute atomic E-state index is 0.197. The Morgan fingerprint density at radius 1 is 0.836 bits per heavy atom. The fraction of sp³-hybridized carbons (Fsp3) is 0.308. The Labute approximate surface area is 313 Å². The Morgan fingerprint density at radius 3 is 2.00 bits per heavy atom. The van der Waals surface area contributed by atoms with Crippen molar-refractivity contribution in [2.45, 2.75) is 50.5 Å². The minimum Gasteiger partial charge on any atom is -0.391 e. The van der Waals surface area contributed by atoms with E-state index in [4.69, 9.17) is 0 Å². The van der Waals surface area contributed by atoms with Gasteiger partial charge in [0.05, 0.1) is 24.4 Å². The van der Waals surface area contributed by atoms with Crippen LogP contribution in [0.1, 0.15) is 37.6 Å². The summed E-state index contributed by atoms with van der Waals surface area (Å²) in [5.41, 5.74) is -1.04. The van der Waals surface area contributed by atoms with E-state index in [-0.39, 0.29) is 11.7 Å². The van der Waals surface area contributed by atoms with Crippen LogP contribution in [0.2, 0.25) is 0 Å². The van der Waals surface area contributed by atoms with E-state index in [0.717, 1.165) is 78.0 Å². The van der Waals surface area contributed by atoms with Crippen LogP contribution in [0.3, 0.4) is 0 Å². The normalized spacial score (nSPS) is 15.9. The van der Waals surface area contributed by atoms with Crippen molar-refractivity contribution in [2.75, 3.05) is 36.0 Å². The van der Waals surface area contributed by atoms with E-state index in [1.165, 1.54) is 12.3 Å². The molecule has 0 spiro atoms. The maximum Gasteiger partial charge on any atom is 0.333 e. The summed E-state index contributed by atoms with van der Waals surface area (Å²) < 4.78 is 64.9. The molecule has 12 nitrogen and oxygen atoms in total. The number of tetrazole rings is 1. The second-order valence-corrected chi connectivity index (χ2v) is 13.6. The number of rotatable bonds is 12. The standard InChI is InChI=1S/C39H39F4N9O3/c1-3-35(26(2)53)52-21-20-51(37(52)54)32-12-10-31(11-13-32)49-18-16-48(17-19-49)30-8-4-27(5-9-30)28-6-15-36(44-23-28)39(42,43)38(55,24-50-25-45-46-47-50)33-14-7-29(40)22-34(33)41/h4-15,20-23,25-26,35,53,55H,3,16-19,24H2,1-2H3/t26?,35?,38-/m0/s1. The van der Waals surface area contributed by atoms with Crippen LogP contribution in [-0.4, -0.2) is 76.8 Å². The number of alkyl halides is 2. The van der Waals surface area contributed by atoms with Gasteiger partial charge in [-0.25, -0.2) is 18.3 Å². The zero-order valence-corrected chi connectivity index (χ0v) is 30.1. The number of hydrogen-bond donors (Lipinski definition) is 2. The lowest BCUT2D eigenvalue weighted by Gasteiger charge is -2.37. The fourth-order valence-corrected chi connectivity index (χ4v) is 7.15. The molecule has 3 aromatic heterocycles. The van der Waals surface area contributed by atoms with Gasteiger partial charge in [-0.3, -0.25) is 14.1 Å². The molecule has 1 aliphatic heterocycles. The van der Waals surface area contributed by atoms with Crippen LogP contribution in [0.4, 0.5) is 28.9 Å². The molecule has 1 aliphatic rings. The first-order chi connectivity index (χ1) is 26.4. The smallest absolute Gasteiger partial charge is 0.333 e. The second kappa shape index (κ2) is 15.1. The third kappa shape index (κ3) is 7.22. The van der Waals surface area contributed by atoms with Crippen LogP contribution >= 0.6 is 0 Å². The van der Waals surface area contributed by atoms with Gasteiger partial charge in [0.25, 0.3) is 0 Å². The highest BCUT2D eigenvalue weighted by Gasteiger charge is 2.58. The molecule has 2 N–H and O–H groups in total. The Morgan fingerprint density at radius 2 is 1.45 bits per heavy atom. The second-order valence-electron chi connectivity index (χ2n) is 13.6. The largest absolute Gasteiger partial charge is 0.391 e. The third-order valence-electron chi connectivity index (χ3n) is 10.2. The minimum atomic E-state index is -4.16. The molecule has 7 rings (SSSR count). The van der Waals surface area contributed by atoms with Crippen LogP contribution in [0.5, 0.6) is 0 Å². The van der Waals surface area contributed by atoms with Crippen LogP contribution in [0.15, 0.2) is 109 Å². The number of anilines is 2. The molecule has 0 saturated carbocycles. The molecule has 1 saturated heterocycles. The summed E-state index contributed by atoms with van der Waals surface area (Å²) in [6.07, 6.45) is 5.67. The third-order valence-corrected chi connectivity index (χ3v) is 10.2. The van der Waals surface area contributed by atoms with E-state index < -0.39 is 47.1 Å². The molecular weight excluding hydrogens is 718 g/mol. The molecule has 0 aliphatic carbocycles. The molecule has 0 bridgehead atoms. The van der Waals surface area contributed by atoms with E-state index in [1.54, 1.807) is 28.5 Å². The number of halogens is 4. The van der Waals surface area contributed by atoms with Crippen LogP contribution < -0.4 is 15.5 Å². The molecule has 3 aromatic carbocycles. The van der Waals surface area contributed by atoms with Gasteiger partial charge in [-0.15, -0.1) is 5.10 Å². The van der Waals surface area contributed by atoms with Crippen molar-refractivity contribution in [3.05, 3.63) is 137 Å². The van der Waals surface area contributed by atoms with Gasteiger partial charge in [-0.1, -0.05) is 25.1 Å². The van der Waals surface area contributed by atoms with Crippen LogP contribution in [0, 0.1) is 11.6 Å². The fourth-order valence-electron chi connectivity index (χ4n) is 7.15. The van der Waals surface area contributed by atoms with Crippen molar-refractivity contribution in [1.29, 1.82) is 0 Å². The number of hydrogen-bond acceptors (Lipinski definition) is 9. The van der Waals surface area contributed by atoms with Gasteiger partial charge in [0.15, 0.2) is 5.60 Å². The molecule has 16 heteroatoms. The molecule has 286 valence electrons. The topological polar surface area (TPSA) is 130 Å².